The lowest BCUT2D eigenvalue weighted by molar-refractivity contribution is -0.136. The first kappa shape index (κ1) is 20.9. The molecule has 7 nitrogen and oxygen atoms in total. The highest BCUT2D eigenvalue weighted by Crippen LogP contribution is 2.31. The highest BCUT2D eigenvalue weighted by Gasteiger charge is 2.40. The van der Waals surface area contributed by atoms with Gasteiger partial charge in [0.05, 0.1) is 13.1 Å². The first-order valence-electron chi connectivity index (χ1n) is 10.4. The lowest BCUT2D eigenvalue weighted by atomic mass is 10.0. The second kappa shape index (κ2) is 8.39. The molecule has 2 saturated heterocycles. The van der Waals surface area contributed by atoms with Gasteiger partial charge in [-0.1, -0.05) is 12.1 Å². The van der Waals surface area contributed by atoms with Crippen LogP contribution < -0.4 is 10.6 Å². The summed E-state index contributed by atoms with van der Waals surface area (Å²) in [5.74, 6) is -3.86. The van der Waals surface area contributed by atoms with Gasteiger partial charge in [0.1, 0.15) is 6.04 Å². The van der Waals surface area contributed by atoms with Crippen LogP contribution in [0.25, 0.3) is 0 Å². The minimum Gasteiger partial charge on any atom is -0.322 e. The number of rotatable bonds is 3. The van der Waals surface area contributed by atoms with Crippen LogP contribution in [0, 0.1) is 0 Å². The average Bonchev–Trinajstić information content (AvgIpc) is 3.04. The van der Waals surface area contributed by atoms with Gasteiger partial charge < -0.3 is 10.2 Å². The summed E-state index contributed by atoms with van der Waals surface area (Å²) in [6.07, 6.45) is 2.14. The summed E-state index contributed by atoms with van der Waals surface area (Å²) in [5.41, 5.74) is 2.13. The number of benzene rings is 1. The lowest BCUT2D eigenvalue weighted by Crippen LogP contribution is -2.52. The zero-order valence-corrected chi connectivity index (χ0v) is 16.8. The monoisotopic (exact) mass is 420 g/mol. The standard InChI is InChI=1S/C21H26F2N4O3/c22-21(23)12-24-8-1-2-9-26(13-21)10-14-4-3-5-15-16(14)11-27(20(15)30)17-6-7-18(28)25-19(17)29/h3-5,17,24H,1-2,6-13H2,(H,25,28,29). The number of imide groups is 1. The number of hydrogen-bond acceptors (Lipinski definition) is 5. The SMILES string of the molecule is O=C1CCC(N2Cc3c(CN4CCCCNCC(F)(F)C4)cccc3C2=O)C(=O)N1. The number of fused-ring (bicyclic) bond motifs is 1. The van der Waals surface area contributed by atoms with Crippen LogP contribution in [-0.4, -0.2) is 65.7 Å². The van der Waals surface area contributed by atoms with Crippen LogP contribution in [0.1, 0.15) is 47.2 Å². The predicted octanol–water partition coefficient (Wildman–Crippen LogP) is 1.27. The maximum atomic E-state index is 14.3. The molecular weight excluding hydrogens is 394 g/mol. The molecule has 3 aliphatic rings. The summed E-state index contributed by atoms with van der Waals surface area (Å²) in [7, 11) is 0. The van der Waals surface area contributed by atoms with Crippen molar-refractivity contribution in [3.63, 3.8) is 0 Å². The Morgan fingerprint density at radius 2 is 2.00 bits per heavy atom. The molecule has 1 aromatic rings. The fourth-order valence-electron chi connectivity index (χ4n) is 4.49. The molecule has 4 rings (SSSR count). The molecule has 162 valence electrons. The van der Waals surface area contributed by atoms with Crippen LogP contribution in [-0.2, 0) is 22.7 Å². The number of piperidine rings is 1. The molecule has 0 spiro atoms. The van der Waals surface area contributed by atoms with Crippen molar-refractivity contribution in [1.29, 1.82) is 0 Å². The molecule has 3 heterocycles. The molecule has 3 amide bonds. The van der Waals surface area contributed by atoms with E-state index in [4.69, 9.17) is 0 Å². The Kier molecular flexibility index (Phi) is 5.84. The fourth-order valence-corrected chi connectivity index (χ4v) is 4.49. The molecule has 30 heavy (non-hydrogen) atoms. The zero-order valence-electron chi connectivity index (χ0n) is 16.8. The number of nitrogens with one attached hydrogen (secondary N) is 2. The van der Waals surface area contributed by atoms with E-state index < -0.39 is 17.9 Å². The van der Waals surface area contributed by atoms with Gasteiger partial charge in [-0.25, -0.2) is 8.78 Å². The highest BCUT2D eigenvalue weighted by molar-refractivity contribution is 6.05. The van der Waals surface area contributed by atoms with Gasteiger partial charge in [0.2, 0.25) is 11.8 Å². The van der Waals surface area contributed by atoms with Crippen molar-refractivity contribution in [3.05, 3.63) is 34.9 Å². The number of alkyl halides is 2. The third-order valence-corrected chi connectivity index (χ3v) is 5.99. The number of amides is 3. The maximum absolute atomic E-state index is 14.3. The quantitative estimate of drug-likeness (QED) is 0.720. The smallest absolute Gasteiger partial charge is 0.272 e. The van der Waals surface area contributed by atoms with E-state index in [1.54, 1.807) is 17.0 Å². The van der Waals surface area contributed by atoms with E-state index in [1.165, 1.54) is 4.90 Å². The van der Waals surface area contributed by atoms with Gasteiger partial charge in [-0.3, -0.25) is 24.6 Å². The first-order chi connectivity index (χ1) is 14.3. The molecule has 9 heteroatoms. The minimum atomic E-state index is -2.82. The molecule has 3 aliphatic heterocycles. The second-order valence-electron chi connectivity index (χ2n) is 8.29. The summed E-state index contributed by atoms with van der Waals surface area (Å²) in [4.78, 5) is 39.9. The Morgan fingerprint density at radius 3 is 2.80 bits per heavy atom. The van der Waals surface area contributed by atoms with Gasteiger partial charge in [-0.2, -0.15) is 0 Å². The van der Waals surface area contributed by atoms with Crippen molar-refractivity contribution in [2.24, 2.45) is 0 Å². The Balaban J connectivity index is 1.53. The van der Waals surface area contributed by atoms with Crippen molar-refractivity contribution in [2.75, 3.05) is 26.2 Å². The van der Waals surface area contributed by atoms with Crippen LogP contribution >= 0.6 is 0 Å². The van der Waals surface area contributed by atoms with E-state index in [1.807, 2.05) is 6.07 Å². The van der Waals surface area contributed by atoms with Gasteiger partial charge in [-0.05, 0) is 49.5 Å². The number of carbonyl (C=O) groups excluding carboxylic acids is 3. The molecular formula is C21H26F2N4O3. The molecule has 1 aromatic carbocycles. The Bertz CT molecular complexity index is 861. The van der Waals surface area contributed by atoms with Crippen molar-refractivity contribution in [3.8, 4) is 0 Å². The van der Waals surface area contributed by atoms with Gasteiger partial charge >= 0.3 is 0 Å². The molecule has 2 N–H and O–H groups in total. The highest BCUT2D eigenvalue weighted by atomic mass is 19.3. The number of carbonyl (C=O) groups is 3. The summed E-state index contributed by atoms with van der Waals surface area (Å²) >= 11 is 0. The molecule has 0 radical (unpaired) electrons. The Hall–Kier alpha value is -2.39. The molecule has 0 saturated carbocycles. The van der Waals surface area contributed by atoms with Crippen LogP contribution in [0.15, 0.2) is 18.2 Å². The van der Waals surface area contributed by atoms with E-state index in [2.05, 4.69) is 10.6 Å². The van der Waals surface area contributed by atoms with Crippen molar-refractivity contribution < 1.29 is 23.2 Å². The Morgan fingerprint density at radius 1 is 1.17 bits per heavy atom. The first-order valence-corrected chi connectivity index (χ1v) is 10.4. The van der Waals surface area contributed by atoms with Gasteiger partial charge in [-0.15, -0.1) is 0 Å². The third kappa shape index (κ3) is 4.37. The van der Waals surface area contributed by atoms with Crippen molar-refractivity contribution >= 4 is 17.7 Å². The zero-order chi connectivity index (χ0) is 21.3. The molecule has 2 fully saturated rings. The summed E-state index contributed by atoms with van der Waals surface area (Å²) in [5, 5.41) is 5.10. The minimum absolute atomic E-state index is 0.195. The van der Waals surface area contributed by atoms with E-state index in [-0.39, 0.29) is 37.9 Å². The number of nitrogens with zero attached hydrogens (tertiary/aromatic N) is 2. The van der Waals surface area contributed by atoms with Crippen LogP contribution in [0.2, 0.25) is 0 Å². The Labute approximate surface area is 173 Å². The van der Waals surface area contributed by atoms with Gasteiger partial charge in [0, 0.05) is 25.1 Å². The summed E-state index contributed by atoms with van der Waals surface area (Å²) < 4.78 is 28.5. The number of halogens is 2. The molecule has 1 atom stereocenters. The molecule has 1 unspecified atom stereocenters. The van der Waals surface area contributed by atoms with Crippen molar-refractivity contribution in [2.45, 2.75) is 50.7 Å². The van der Waals surface area contributed by atoms with E-state index in [9.17, 15) is 23.2 Å². The number of hydrogen-bond donors (Lipinski definition) is 2. The lowest BCUT2D eigenvalue weighted by Gasteiger charge is -2.29. The van der Waals surface area contributed by atoms with Crippen LogP contribution in [0.4, 0.5) is 8.78 Å². The third-order valence-electron chi connectivity index (χ3n) is 5.99. The molecule has 0 bridgehead atoms. The van der Waals surface area contributed by atoms with Crippen molar-refractivity contribution in [1.82, 2.24) is 20.4 Å². The van der Waals surface area contributed by atoms with Crippen LogP contribution in [0.3, 0.4) is 0 Å². The molecule has 0 aliphatic carbocycles. The van der Waals surface area contributed by atoms with E-state index >= 15 is 0 Å². The topological polar surface area (TPSA) is 81.8 Å². The fraction of sp³-hybridized carbons (Fsp3) is 0.571. The van der Waals surface area contributed by atoms with Crippen LogP contribution in [0.5, 0.6) is 0 Å². The predicted molar refractivity (Wildman–Crippen MR) is 105 cm³/mol. The van der Waals surface area contributed by atoms with E-state index in [0.717, 1.165) is 24.0 Å². The second-order valence-corrected chi connectivity index (χ2v) is 8.29. The summed E-state index contributed by atoms with van der Waals surface area (Å²) in [6, 6.07) is 4.65. The van der Waals surface area contributed by atoms with Gasteiger partial charge in [0.25, 0.3) is 11.8 Å². The molecule has 0 aromatic heterocycles. The average molecular weight is 420 g/mol. The normalized spacial score (nSPS) is 25.3. The summed E-state index contributed by atoms with van der Waals surface area (Å²) in [6.45, 7) is 1.05. The maximum Gasteiger partial charge on any atom is 0.272 e. The van der Waals surface area contributed by atoms with E-state index in [0.29, 0.717) is 31.6 Å². The largest absolute Gasteiger partial charge is 0.322 e. The van der Waals surface area contributed by atoms with Gasteiger partial charge in [0.15, 0.2) is 0 Å².